The molecule has 1 aromatic rings. The van der Waals surface area contributed by atoms with Crippen LogP contribution < -0.4 is 5.32 Å². The zero-order valence-electron chi connectivity index (χ0n) is 9.94. The molecule has 0 saturated carbocycles. The third-order valence-corrected chi connectivity index (χ3v) is 2.59. The van der Waals surface area contributed by atoms with Crippen LogP contribution in [0.2, 0.25) is 0 Å². The Balaban J connectivity index is 2.68. The molecule has 0 saturated heterocycles. The van der Waals surface area contributed by atoms with Crippen molar-refractivity contribution in [3.63, 3.8) is 0 Å². The first-order chi connectivity index (χ1) is 8.00. The Labute approximate surface area is 106 Å². The highest BCUT2D eigenvalue weighted by Crippen LogP contribution is 2.09. The van der Waals surface area contributed by atoms with E-state index in [-0.39, 0.29) is 5.91 Å². The molecule has 1 rings (SSSR count). The maximum atomic E-state index is 11.8. The zero-order valence-corrected chi connectivity index (χ0v) is 10.7. The molecule has 0 aliphatic rings. The molecule has 92 valence electrons. The number of hydrogen-bond donors (Lipinski definition) is 1. The van der Waals surface area contributed by atoms with E-state index >= 15 is 0 Å². The van der Waals surface area contributed by atoms with Crippen LogP contribution in [-0.4, -0.2) is 17.2 Å². The highest BCUT2D eigenvalue weighted by atomic mass is 35.5. The average molecular weight is 254 g/mol. The van der Waals surface area contributed by atoms with Crippen molar-refractivity contribution in [3.05, 3.63) is 35.9 Å². The van der Waals surface area contributed by atoms with E-state index in [1.54, 1.807) is 24.3 Å². The predicted octanol–water partition coefficient (Wildman–Crippen LogP) is 2.60. The van der Waals surface area contributed by atoms with Gasteiger partial charge >= 0.3 is 0 Å². The van der Waals surface area contributed by atoms with Crippen LogP contribution in [0.1, 0.15) is 30.6 Å². The van der Waals surface area contributed by atoms with Crippen LogP contribution >= 0.6 is 11.6 Å². The van der Waals surface area contributed by atoms with Crippen LogP contribution in [0.15, 0.2) is 30.3 Å². The number of carbonyl (C=O) groups is 2. The quantitative estimate of drug-likeness (QED) is 0.820. The summed E-state index contributed by atoms with van der Waals surface area (Å²) in [5.41, 5.74) is 0.527. The van der Waals surface area contributed by atoms with Crippen molar-refractivity contribution in [2.45, 2.75) is 26.3 Å². The first-order valence-corrected chi connectivity index (χ1v) is 5.93. The molecule has 0 heterocycles. The SMILES string of the molecule is CC(C)CC(NC(=O)c1ccccc1)C(=O)Cl. The molecule has 1 amide bonds. The van der Waals surface area contributed by atoms with Crippen molar-refractivity contribution in [1.29, 1.82) is 0 Å². The first-order valence-electron chi connectivity index (χ1n) is 5.56. The van der Waals surface area contributed by atoms with Gasteiger partial charge in [-0.15, -0.1) is 0 Å². The molecule has 3 nitrogen and oxygen atoms in total. The van der Waals surface area contributed by atoms with Crippen molar-refractivity contribution in [1.82, 2.24) is 5.32 Å². The Morgan fingerprint density at radius 2 is 1.82 bits per heavy atom. The Bertz CT molecular complexity index is 390. The second-order valence-electron chi connectivity index (χ2n) is 4.33. The summed E-state index contributed by atoms with van der Waals surface area (Å²) in [5, 5.41) is 2.12. The average Bonchev–Trinajstić information content (AvgIpc) is 2.28. The lowest BCUT2D eigenvalue weighted by atomic mass is 10.0. The molecule has 17 heavy (non-hydrogen) atoms. The van der Waals surface area contributed by atoms with Gasteiger partial charge in [0.15, 0.2) is 0 Å². The minimum Gasteiger partial charge on any atom is -0.341 e. The maximum absolute atomic E-state index is 11.8. The smallest absolute Gasteiger partial charge is 0.251 e. The molecule has 0 aliphatic carbocycles. The molecule has 0 spiro atoms. The van der Waals surface area contributed by atoms with Gasteiger partial charge in [0.05, 0.1) is 0 Å². The van der Waals surface area contributed by atoms with Gasteiger partial charge in [-0.1, -0.05) is 32.0 Å². The normalized spacial score (nSPS) is 12.2. The Morgan fingerprint density at radius 3 is 2.29 bits per heavy atom. The molecule has 1 aromatic carbocycles. The Kier molecular flexibility index (Phi) is 5.16. The van der Waals surface area contributed by atoms with E-state index in [9.17, 15) is 9.59 Å². The van der Waals surface area contributed by atoms with Crippen molar-refractivity contribution in [2.75, 3.05) is 0 Å². The van der Waals surface area contributed by atoms with E-state index in [4.69, 9.17) is 11.6 Å². The van der Waals surface area contributed by atoms with E-state index in [2.05, 4.69) is 5.32 Å². The molecule has 4 heteroatoms. The third-order valence-electron chi connectivity index (χ3n) is 2.32. The monoisotopic (exact) mass is 253 g/mol. The van der Waals surface area contributed by atoms with Crippen LogP contribution in [-0.2, 0) is 4.79 Å². The summed E-state index contributed by atoms with van der Waals surface area (Å²) in [7, 11) is 0. The number of benzene rings is 1. The summed E-state index contributed by atoms with van der Waals surface area (Å²) >= 11 is 5.47. The molecule has 1 N–H and O–H groups in total. The summed E-state index contributed by atoms with van der Waals surface area (Å²) in [6, 6.07) is 8.14. The summed E-state index contributed by atoms with van der Waals surface area (Å²) in [4.78, 5) is 23.0. The largest absolute Gasteiger partial charge is 0.341 e. The van der Waals surface area contributed by atoms with Crippen LogP contribution in [0.3, 0.4) is 0 Å². The number of nitrogens with one attached hydrogen (secondary N) is 1. The van der Waals surface area contributed by atoms with Gasteiger partial charge in [-0.3, -0.25) is 9.59 Å². The van der Waals surface area contributed by atoms with Gasteiger partial charge in [-0.2, -0.15) is 0 Å². The van der Waals surface area contributed by atoms with Crippen LogP contribution in [0.25, 0.3) is 0 Å². The van der Waals surface area contributed by atoms with Crippen molar-refractivity contribution >= 4 is 22.8 Å². The Hall–Kier alpha value is -1.35. The van der Waals surface area contributed by atoms with Gasteiger partial charge < -0.3 is 5.32 Å². The predicted molar refractivity (Wildman–Crippen MR) is 68.0 cm³/mol. The van der Waals surface area contributed by atoms with E-state index in [0.29, 0.717) is 17.9 Å². The molecule has 0 aliphatic heterocycles. The standard InChI is InChI=1S/C13H16ClNO2/c1-9(2)8-11(12(14)16)15-13(17)10-6-4-3-5-7-10/h3-7,9,11H,8H2,1-2H3,(H,15,17). The molecular weight excluding hydrogens is 238 g/mol. The van der Waals surface area contributed by atoms with E-state index in [1.165, 1.54) is 0 Å². The summed E-state index contributed by atoms with van der Waals surface area (Å²) in [6.07, 6.45) is 0.543. The molecule has 0 aromatic heterocycles. The summed E-state index contributed by atoms with van der Waals surface area (Å²) < 4.78 is 0. The first kappa shape index (κ1) is 13.7. The topological polar surface area (TPSA) is 46.2 Å². The van der Waals surface area contributed by atoms with Gasteiger partial charge in [0.2, 0.25) is 5.24 Å². The van der Waals surface area contributed by atoms with Gasteiger partial charge in [0.25, 0.3) is 5.91 Å². The van der Waals surface area contributed by atoms with Gasteiger partial charge in [0.1, 0.15) is 6.04 Å². The molecular formula is C13H16ClNO2. The van der Waals surface area contributed by atoms with Crippen molar-refractivity contribution < 1.29 is 9.59 Å². The van der Waals surface area contributed by atoms with Gasteiger partial charge in [-0.25, -0.2) is 0 Å². The minimum atomic E-state index is -0.621. The van der Waals surface area contributed by atoms with Crippen LogP contribution in [0, 0.1) is 5.92 Å². The lowest BCUT2D eigenvalue weighted by molar-refractivity contribution is -0.113. The number of rotatable bonds is 5. The summed E-state index contributed by atoms with van der Waals surface area (Å²) in [6.45, 7) is 3.95. The van der Waals surface area contributed by atoms with E-state index in [0.717, 1.165) is 0 Å². The van der Waals surface area contributed by atoms with E-state index < -0.39 is 11.3 Å². The second kappa shape index (κ2) is 6.40. The number of hydrogen-bond acceptors (Lipinski definition) is 2. The molecule has 1 unspecified atom stereocenters. The van der Waals surface area contributed by atoms with Gasteiger partial charge in [0, 0.05) is 5.56 Å². The number of carbonyl (C=O) groups excluding carboxylic acids is 2. The maximum Gasteiger partial charge on any atom is 0.251 e. The highest BCUT2D eigenvalue weighted by Gasteiger charge is 2.20. The zero-order chi connectivity index (χ0) is 12.8. The number of amides is 1. The third kappa shape index (κ3) is 4.57. The lowest BCUT2D eigenvalue weighted by Gasteiger charge is -2.16. The van der Waals surface area contributed by atoms with Crippen molar-refractivity contribution in [2.24, 2.45) is 5.92 Å². The molecule has 0 fully saturated rings. The molecule has 0 bridgehead atoms. The van der Waals surface area contributed by atoms with Gasteiger partial charge in [-0.05, 0) is 36.1 Å². The number of halogens is 1. The minimum absolute atomic E-state index is 0.273. The second-order valence-corrected chi connectivity index (χ2v) is 4.70. The highest BCUT2D eigenvalue weighted by molar-refractivity contribution is 6.64. The van der Waals surface area contributed by atoms with Crippen molar-refractivity contribution in [3.8, 4) is 0 Å². The fourth-order valence-electron chi connectivity index (χ4n) is 1.51. The van der Waals surface area contributed by atoms with E-state index in [1.807, 2.05) is 19.9 Å². The fraction of sp³-hybridized carbons (Fsp3) is 0.385. The van der Waals surface area contributed by atoms with Crippen LogP contribution in [0.5, 0.6) is 0 Å². The van der Waals surface area contributed by atoms with Crippen LogP contribution in [0.4, 0.5) is 0 Å². The summed E-state index contributed by atoms with van der Waals surface area (Å²) in [5.74, 6) is 0.0176. The lowest BCUT2D eigenvalue weighted by Crippen LogP contribution is -2.39. The Morgan fingerprint density at radius 1 is 1.24 bits per heavy atom. The fourth-order valence-corrected chi connectivity index (χ4v) is 1.65. The molecule has 0 radical (unpaired) electrons. The molecule has 1 atom stereocenters.